The minimum Gasteiger partial charge on any atom is -0.305 e. The predicted molar refractivity (Wildman–Crippen MR) is 84.1 cm³/mol. The Balaban J connectivity index is 2.33. The van der Waals surface area contributed by atoms with Crippen LogP contribution in [0.1, 0.15) is 44.0 Å². The van der Waals surface area contributed by atoms with E-state index in [0.717, 1.165) is 31.0 Å². The van der Waals surface area contributed by atoms with Crippen molar-refractivity contribution in [3.05, 3.63) is 52.8 Å². The molecule has 0 aliphatic carbocycles. The molecule has 1 N–H and O–H groups in total. The fourth-order valence-electron chi connectivity index (χ4n) is 2.35. The molecule has 0 fully saturated rings. The maximum Gasteiger partial charge on any atom is 0.0748 e. The Kier molecular flexibility index (Phi) is 5.62. The van der Waals surface area contributed by atoms with E-state index in [-0.39, 0.29) is 6.04 Å². The molecular formula is C16H22ClN3. The summed E-state index contributed by atoms with van der Waals surface area (Å²) in [6.45, 7) is 6.24. The molecule has 1 unspecified atom stereocenters. The van der Waals surface area contributed by atoms with E-state index >= 15 is 0 Å². The summed E-state index contributed by atoms with van der Waals surface area (Å²) in [5.74, 6) is 0. The molecule has 2 rings (SSSR count). The maximum atomic E-state index is 6.14. The van der Waals surface area contributed by atoms with Gasteiger partial charge in [0.15, 0.2) is 0 Å². The van der Waals surface area contributed by atoms with Crippen LogP contribution in [0.5, 0.6) is 0 Å². The molecule has 20 heavy (non-hydrogen) atoms. The summed E-state index contributed by atoms with van der Waals surface area (Å²) < 4.78 is 2.08. The molecule has 108 valence electrons. The molecule has 0 saturated heterocycles. The van der Waals surface area contributed by atoms with Crippen molar-refractivity contribution in [2.75, 3.05) is 6.54 Å². The number of nitrogens with zero attached hydrogens (tertiary/aromatic N) is 2. The first-order chi connectivity index (χ1) is 9.76. The summed E-state index contributed by atoms with van der Waals surface area (Å²) >= 11 is 6.14. The second kappa shape index (κ2) is 7.46. The molecule has 4 heteroatoms. The molecular weight excluding hydrogens is 270 g/mol. The van der Waals surface area contributed by atoms with Gasteiger partial charge in [-0.25, -0.2) is 0 Å². The van der Waals surface area contributed by atoms with E-state index in [1.807, 2.05) is 24.4 Å². The van der Waals surface area contributed by atoms with E-state index in [1.165, 1.54) is 11.3 Å². The highest BCUT2D eigenvalue weighted by Gasteiger charge is 2.17. The molecule has 1 heterocycles. The molecule has 1 aromatic heterocycles. The van der Waals surface area contributed by atoms with Gasteiger partial charge in [0.2, 0.25) is 0 Å². The number of rotatable bonds is 7. The van der Waals surface area contributed by atoms with E-state index in [4.69, 9.17) is 11.6 Å². The fourth-order valence-corrected chi connectivity index (χ4v) is 2.55. The minimum absolute atomic E-state index is 0.141. The van der Waals surface area contributed by atoms with Gasteiger partial charge in [0.1, 0.15) is 0 Å². The highest BCUT2D eigenvalue weighted by atomic mass is 35.5. The highest BCUT2D eigenvalue weighted by molar-refractivity contribution is 6.30. The number of nitrogens with one attached hydrogen (secondary N) is 1. The number of aryl methyl sites for hydroxylation is 1. The quantitative estimate of drug-likeness (QED) is 0.834. The van der Waals surface area contributed by atoms with Crippen LogP contribution in [0, 0.1) is 0 Å². The third-order valence-corrected chi connectivity index (χ3v) is 3.50. The minimum atomic E-state index is 0.141. The Hall–Kier alpha value is -1.32. The second-order valence-corrected chi connectivity index (χ2v) is 5.36. The van der Waals surface area contributed by atoms with Crippen molar-refractivity contribution in [3.63, 3.8) is 0 Å². The zero-order valence-electron chi connectivity index (χ0n) is 12.1. The first-order valence-corrected chi connectivity index (χ1v) is 7.64. The molecule has 0 radical (unpaired) electrons. The first-order valence-electron chi connectivity index (χ1n) is 7.26. The average molecular weight is 292 g/mol. The number of halogens is 1. The Morgan fingerprint density at radius 3 is 2.80 bits per heavy atom. The predicted octanol–water partition coefficient (Wildman–Crippen LogP) is 4.04. The van der Waals surface area contributed by atoms with Gasteiger partial charge in [-0.1, -0.05) is 37.6 Å². The molecule has 0 aliphatic rings. The van der Waals surface area contributed by atoms with Crippen LogP contribution in [0.15, 0.2) is 36.5 Å². The molecule has 3 nitrogen and oxygen atoms in total. The third-order valence-electron chi connectivity index (χ3n) is 3.26. The molecule has 1 atom stereocenters. The van der Waals surface area contributed by atoms with Crippen LogP contribution in [-0.4, -0.2) is 16.3 Å². The SMILES string of the molecule is CCCNC(c1cccc(Cl)c1)c1ccnn1CCC. The van der Waals surface area contributed by atoms with Gasteiger partial charge in [0, 0.05) is 17.8 Å². The lowest BCUT2D eigenvalue weighted by Crippen LogP contribution is -2.26. The van der Waals surface area contributed by atoms with Crippen LogP contribution in [0.4, 0.5) is 0 Å². The Bertz CT molecular complexity index is 536. The van der Waals surface area contributed by atoms with Crippen molar-refractivity contribution in [2.45, 2.75) is 39.3 Å². The summed E-state index contributed by atoms with van der Waals surface area (Å²) in [5, 5.41) is 8.79. The molecule has 0 saturated carbocycles. The van der Waals surface area contributed by atoms with Crippen molar-refractivity contribution in [1.82, 2.24) is 15.1 Å². The van der Waals surface area contributed by atoms with Gasteiger partial charge in [0.25, 0.3) is 0 Å². The monoisotopic (exact) mass is 291 g/mol. The molecule has 2 aromatic rings. The molecule has 0 bridgehead atoms. The number of benzene rings is 1. The molecule has 0 amide bonds. The van der Waals surface area contributed by atoms with Crippen molar-refractivity contribution < 1.29 is 0 Å². The lowest BCUT2D eigenvalue weighted by Gasteiger charge is -2.20. The Morgan fingerprint density at radius 2 is 2.10 bits per heavy atom. The smallest absolute Gasteiger partial charge is 0.0748 e. The topological polar surface area (TPSA) is 29.9 Å². The van der Waals surface area contributed by atoms with Crippen LogP contribution in [0.25, 0.3) is 0 Å². The van der Waals surface area contributed by atoms with Gasteiger partial charge in [-0.05, 0) is 43.1 Å². The lowest BCUT2D eigenvalue weighted by atomic mass is 10.0. The highest BCUT2D eigenvalue weighted by Crippen LogP contribution is 2.24. The molecule has 0 aliphatic heterocycles. The molecule has 1 aromatic carbocycles. The Morgan fingerprint density at radius 1 is 1.25 bits per heavy atom. The summed E-state index contributed by atoms with van der Waals surface area (Å²) in [7, 11) is 0. The summed E-state index contributed by atoms with van der Waals surface area (Å²) in [6, 6.07) is 10.3. The van der Waals surface area contributed by atoms with Crippen molar-refractivity contribution in [1.29, 1.82) is 0 Å². The van der Waals surface area contributed by atoms with Gasteiger partial charge in [0.05, 0.1) is 11.7 Å². The Labute approximate surface area is 126 Å². The second-order valence-electron chi connectivity index (χ2n) is 4.92. The van der Waals surface area contributed by atoms with Gasteiger partial charge >= 0.3 is 0 Å². The molecule has 0 spiro atoms. The summed E-state index contributed by atoms with van der Waals surface area (Å²) in [4.78, 5) is 0. The van der Waals surface area contributed by atoms with Gasteiger partial charge in [-0.3, -0.25) is 4.68 Å². The van der Waals surface area contributed by atoms with Gasteiger partial charge in [-0.15, -0.1) is 0 Å². The van der Waals surface area contributed by atoms with E-state index in [9.17, 15) is 0 Å². The van der Waals surface area contributed by atoms with Gasteiger partial charge in [-0.2, -0.15) is 5.10 Å². The van der Waals surface area contributed by atoms with E-state index < -0.39 is 0 Å². The van der Waals surface area contributed by atoms with Crippen molar-refractivity contribution in [2.24, 2.45) is 0 Å². The van der Waals surface area contributed by atoms with E-state index in [1.54, 1.807) is 0 Å². The summed E-state index contributed by atoms with van der Waals surface area (Å²) in [6.07, 6.45) is 4.04. The van der Waals surface area contributed by atoms with Crippen LogP contribution in [0.2, 0.25) is 5.02 Å². The standard InChI is InChI=1S/C16H22ClN3/c1-3-9-18-16(13-6-5-7-14(17)12-13)15-8-10-19-20(15)11-4-2/h5-8,10,12,16,18H,3-4,9,11H2,1-2H3. The maximum absolute atomic E-state index is 6.14. The van der Waals surface area contributed by atoms with Crippen LogP contribution < -0.4 is 5.32 Å². The van der Waals surface area contributed by atoms with Gasteiger partial charge < -0.3 is 5.32 Å². The largest absolute Gasteiger partial charge is 0.305 e. The van der Waals surface area contributed by atoms with Crippen LogP contribution >= 0.6 is 11.6 Å². The van der Waals surface area contributed by atoms with E-state index in [2.05, 4.69) is 41.1 Å². The van der Waals surface area contributed by atoms with Crippen molar-refractivity contribution in [3.8, 4) is 0 Å². The van der Waals surface area contributed by atoms with Crippen LogP contribution in [-0.2, 0) is 6.54 Å². The number of hydrogen-bond acceptors (Lipinski definition) is 2. The summed E-state index contributed by atoms with van der Waals surface area (Å²) in [5.41, 5.74) is 2.38. The van der Waals surface area contributed by atoms with Crippen LogP contribution in [0.3, 0.4) is 0 Å². The number of hydrogen-bond donors (Lipinski definition) is 1. The van der Waals surface area contributed by atoms with Crippen molar-refractivity contribution >= 4 is 11.6 Å². The average Bonchev–Trinajstić information content (AvgIpc) is 2.88. The third kappa shape index (κ3) is 3.62. The zero-order valence-corrected chi connectivity index (χ0v) is 12.9. The zero-order chi connectivity index (χ0) is 14.4. The lowest BCUT2D eigenvalue weighted by molar-refractivity contribution is 0.511. The number of aromatic nitrogens is 2. The van der Waals surface area contributed by atoms with E-state index in [0.29, 0.717) is 0 Å². The first kappa shape index (κ1) is 15.1. The fraction of sp³-hybridized carbons (Fsp3) is 0.438. The normalized spacial score (nSPS) is 12.6.